The van der Waals surface area contributed by atoms with E-state index in [0.717, 1.165) is 33.4 Å². The summed E-state index contributed by atoms with van der Waals surface area (Å²) in [6.45, 7) is 6.32. The molecule has 0 fully saturated rings. The van der Waals surface area contributed by atoms with Gasteiger partial charge in [0.05, 0.1) is 75.7 Å². The van der Waals surface area contributed by atoms with Gasteiger partial charge in [0.2, 0.25) is 0 Å². The topological polar surface area (TPSA) is 200 Å². The van der Waals surface area contributed by atoms with Crippen LogP contribution in [-0.4, -0.2) is 167 Å². The number of benzene rings is 4. The maximum Gasteiger partial charge on any atom is 0.314 e. The first-order chi connectivity index (χ1) is 37.5. The lowest BCUT2D eigenvalue weighted by Gasteiger charge is -2.34. The summed E-state index contributed by atoms with van der Waals surface area (Å²) in [4.78, 5) is 29.2. The van der Waals surface area contributed by atoms with Gasteiger partial charge in [-0.1, -0.05) is 70.7 Å². The average molecular weight is 1190 g/mol. The van der Waals surface area contributed by atoms with Crippen LogP contribution in [0.3, 0.4) is 0 Å². The van der Waals surface area contributed by atoms with Crippen LogP contribution in [0.25, 0.3) is 12.2 Å². The van der Waals surface area contributed by atoms with Crippen molar-refractivity contribution >= 4 is 90.7 Å². The van der Waals surface area contributed by atoms with Gasteiger partial charge in [-0.25, -0.2) is 26.4 Å². The van der Waals surface area contributed by atoms with Gasteiger partial charge in [0, 0.05) is 96.7 Å². The summed E-state index contributed by atoms with van der Waals surface area (Å²) in [7, 11) is -3.62. The van der Waals surface area contributed by atoms with E-state index in [4.69, 9.17) is 65.4 Å². The normalized spacial score (nSPS) is 18.2. The number of carbonyl (C=O) groups is 2. The molecule has 0 bridgehead atoms. The van der Waals surface area contributed by atoms with Crippen molar-refractivity contribution in [1.29, 1.82) is 0 Å². The van der Waals surface area contributed by atoms with Gasteiger partial charge in [-0.2, -0.15) is 0 Å². The van der Waals surface area contributed by atoms with Crippen LogP contribution in [0.15, 0.2) is 82.9 Å². The largest absolute Gasteiger partial charge is 0.377 e. The lowest BCUT2D eigenvalue weighted by molar-refractivity contribution is 0.0478. The van der Waals surface area contributed by atoms with Gasteiger partial charge in [0.15, 0.2) is 0 Å². The molecular formula is C54H66Cl4N8O10S2. The summed E-state index contributed by atoms with van der Waals surface area (Å²) in [6.07, 6.45) is 8.00. The Bertz CT molecular complexity index is 2880. The standard InChI is InChI=1S/C54H66Cl4N8O10S2/c1-63-33-45(43-29-41(55)31-49(57)47(43)35-63)39-7-5-37-9-15-65(77(69,70)51(37)27-39)17-21-75-25-23-73-19-13-61-53(67)59-11-3-4-12-60-54(68)62-14-20-74-24-26-76-22-18-66-16-10-38-6-8-40(28-52(38)78(66,71)72)46-34-64(2)36-48-44(46)30-42(56)32-50(48)58/h5-10,15-16,27-32,45-46H,3-4,11-14,17-26,33-36H2,1-2H3,(H2,59,61,67)(H2,60,62,68). The monoisotopic (exact) mass is 1190 g/mol. The quantitative estimate of drug-likeness (QED) is 0.0476. The predicted molar refractivity (Wildman–Crippen MR) is 303 cm³/mol. The molecule has 0 aromatic heterocycles. The Morgan fingerprint density at radius 2 is 0.910 bits per heavy atom. The number of nitrogens with zero attached hydrogens (tertiary/aromatic N) is 4. The fraction of sp³-hybridized carbons (Fsp3) is 0.444. The van der Waals surface area contributed by atoms with Crippen LogP contribution in [0.1, 0.15) is 69.2 Å². The molecule has 2 unspecified atom stereocenters. The third kappa shape index (κ3) is 15.2. The summed E-state index contributed by atoms with van der Waals surface area (Å²) in [5.74, 6) is -0.201. The van der Waals surface area contributed by atoms with E-state index in [1.165, 1.54) is 8.61 Å². The van der Waals surface area contributed by atoms with Gasteiger partial charge in [-0.05, 0) is 120 Å². The second-order valence-corrected chi connectivity index (χ2v) is 24.8. The van der Waals surface area contributed by atoms with E-state index in [9.17, 15) is 26.4 Å². The summed E-state index contributed by atoms with van der Waals surface area (Å²) in [5.41, 5.74) is 6.97. The Hall–Kier alpha value is -4.68. The van der Waals surface area contributed by atoms with Crippen molar-refractivity contribution in [2.24, 2.45) is 0 Å². The van der Waals surface area contributed by atoms with Crippen LogP contribution in [-0.2, 0) is 52.1 Å². The minimum atomic E-state index is -3.82. The van der Waals surface area contributed by atoms with Crippen LogP contribution in [0.5, 0.6) is 0 Å². The molecule has 422 valence electrons. The number of hydrogen-bond donors (Lipinski definition) is 4. The van der Waals surface area contributed by atoms with E-state index in [2.05, 4.69) is 31.1 Å². The third-order valence-electron chi connectivity index (χ3n) is 13.8. The molecule has 4 amide bonds. The highest BCUT2D eigenvalue weighted by Gasteiger charge is 2.34. The van der Waals surface area contributed by atoms with Crippen molar-refractivity contribution < 1.29 is 45.4 Å². The number of urea groups is 2. The molecule has 4 N–H and O–H groups in total. The molecule has 4 aliphatic heterocycles. The summed E-state index contributed by atoms with van der Waals surface area (Å²) in [5, 5.41) is 13.3. The molecule has 24 heteroatoms. The Kier molecular flexibility index (Phi) is 21.1. The maximum atomic E-state index is 13.7. The number of likely N-dealkylation sites (N-methyl/N-ethyl adjacent to an activating group) is 2. The van der Waals surface area contributed by atoms with Crippen LogP contribution in [0.2, 0.25) is 20.1 Å². The number of fused-ring (bicyclic) bond motifs is 4. The first kappa shape index (κ1) is 59.4. The summed E-state index contributed by atoms with van der Waals surface area (Å²) < 4.78 is 80.0. The molecule has 78 heavy (non-hydrogen) atoms. The molecule has 0 aliphatic carbocycles. The van der Waals surface area contributed by atoms with E-state index < -0.39 is 20.0 Å². The molecule has 0 spiro atoms. The number of halogens is 4. The van der Waals surface area contributed by atoms with Crippen LogP contribution >= 0.6 is 46.4 Å². The van der Waals surface area contributed by atoms with Gasteiger partial charge in [0.1, 0.15) is 0 Å². The lowest BCUT2D eigenvalue weighted by Crippen LogP contribution is -2.39. The first-order valence-electron chi connectivity index (χ1n) is 25.8. The van der Waals surface area contributed by atoms with Crippen molar-refractivity contribution in [3.05, 3.63) is 138 Å². The molecule has 18 nitrogen and oxygen atoms in total. The molecule has 0 radical (unpaired) electrons. The zero-order valence-corrected chi connectivity index (χ0v) is 48.2. The van der Waals surface area contributed by atoms with Gasteiger partial charge in [-0.15, -0.1) is 0 Å². The number of nitrogens with one attached hydrogen (secondary N) is 4. The van der Waals surface area contributed by atoms with Crippen LogP contribution < -0.4 is 21.3 Å². The molecule has 2 atom stereocenters. The molecule has 0 saturated heterocycles. The number of amides is 4. The van der Waals surface area contributed by atoms with Crippen molar-refractivity contribution in [2.75, 3.05) is 119 Å². The van der Waals surface area contributed by atoms with Gasteiger partial charge in [0.25, 0.3) is 20.0 Å². The second kappa shape index (κ2) is 27.7. The van der Waals surface area contributed by atoms with Crippen LogP contribution in [0.4, 0.5) is 9.59 Å². The van der Waals surface area contributed by atoms with Crippen molar-refractivity contribution in [2.45, 2.75) is 47.6 Å². The maximum absolute atomic E-state index is 13.7. The van der Waals surface area contributed by atoms with Gasteiger partial charge >= 0.3 is 12.1 Å². The number of unbranched alkanes of at least 4 members (excludes halogenated alkanes) is 1. The molecular weight excluding hydrogens is 1130 g/mol. The number of rotatable bonds is 25. The lowest BCUT2D eigenvalue weighted by atomic mass is 9.84. The second-order valence-electron chi connectivity index (χ2n) is 19.4. The van der Waals surface area contributed by atoms with E-state index in [-0.39, 0.29) is 113 Å². The Morgan fingerprint density at radius 3 is 1.32 bits per heavy atom. The first-order valence-corrected chi connectivity index (χ1v) is 30.2. The smallest absolute Gasteiger partial charge is 0.314 e. The Morgan fingerprint density at radius 1 is 0.526 bits per heavy atom. The zero-order valence-electron chi connectivity index (χ0n) is 43.6. The predicted octanol–water partition coefficient (Wildman–Crippen LogP) is 7.55. The number of hydrogen-bond acceptors (Lipinski definition) is 12. The number of ether oxygens (including phenoxy) is 4. The Balaban J connectivity index is 0.605. The molecule has 4 aromatic rings. The average Bonchev–Trinajstić information content (AvgIpc) is 3.48. The molecule has 8 rings (SSSR count). The van der Waals surface area contributed by atoms with Crippen molar-refractivity contribution in [3.8, 4) is 0 Å². The Labute approximate surface area is 477 Å². The zero-order chi connectivity index (χ0) is 55.4. The number of carbonyl (C=O) groups excluding carboxylic acids is 2. The van der Waals surface area contributed by atoms with E-state index >= 15 is 0 Å². The van der Waals surface area contributed by atoms with Crippen molar-refractivity contribution in [1.82, 2.24) is 39.7 Å². The van der Waals surface area contributed by atoms with Crippen LogP contribution in [0, 0.1) is 0 Å². The minimum Gasteiger partial charge on any atom is -0.377 e. The van der Waals surface area contributed by atoms with Crippen molar-refractivity contribution in [3.63, 3.8) is 0 Å². The summed E-state index contributed by atoms with van der Waals surface area (Å²) in [6, 6.07) is 17.8. The van der Waals surface area contributed by atoms with Gasteiger partial charge < -0.3 is 50.0 Å². The fourth-order valence-electron chi connectivity index (χ4n) is 9.85. The highest BCUT2D eigenvalue weighted by atomic mass is 35.5. The molecule has 0 saturated carbocycles. The third-order valence-corrected chi connectivity index (χ3v) is 18.5. The summed E-state index contributed by atoms with van der Waals surface area (Å²) >= 11 is 25.9. The number of sulfonamides is 2. The molecule has 4 aromatic carbocycles. The molecule has 4 heterocycles. The fourth-order valence-corrected chi connectivity index (χ4v) is 14.0. The minimum absolute atomic E-state index is 0.100. The highest BCUT2D eigenvalue weighted by Crippen LogP contribution is 2.42. The molecule has 4 aliphatic rings. The SMILES string of the molecule is CN1Cc2c(Cl)cc(Cl)cc2C(c2ccc3c(c2)S(=O)(=O)N(CCOCCOCCNC(=O)NCCCCNC(=O)NCCOCCOCCN2C=Cc4ccc(C5CN(C)Cc6c(Cl)cc(Cl)cc65)cc4S2(=O)=O)C=C3)C1. The van der Waals surface area contributed by atoms with E-state index in [1.807, 2.05) is 50.5 Å². The highest BCUT2D eigenvalue weighted by molar-refractivity contribution is 7.89. The van der Waals surface area contributed by atoms with Gasteiger partial charge in [-0.3, -0.25) is 8.61 Å². The van der Waals surface area contributed by atoms with E-state index in [1.54, 1.807) is 48.8 Å². The van der Waals surface area contributed by atoms with E-state index in [0.29, 0.717) is 83.3 Å².